The molecule has 0 spiro atoms. The van der Waals surface area contributed by atoms with Crippen molar-refractivity contribution in [3.63, 3.8) is 0 Å². The van der Waals surface area contributed by atoms with Gasteiger partial charge in [-0.3, -0.25) is 4.79 Å². The van der Waals surface area contributed by atoms with Crippen LogP contribution in [-0.4, -0.2) is 19.1 Å². The Morgan fingerprint density at radius 1 is 1.00 bits per heavy atom. The number of hydrogen-bond donors (Lipinski definition) is 1. The molecule has 0 bridgehead atoms. The van der Waals surface area contributed by atoms with Crippen LogP contribution in [0.1, 0.15) is 47.2 Å². The third-order valence-corrected chi connectivity index (χ3v) is 7.14. The van der Waals surface area contributed by atoms with Gasteiger partial charge in [0.15, 0.2) is 0 Å². The zero-order valence-corrected chi connectivity index (χ0v) is 21.5. The van der Waals surface area contributed by atoms with Crippen LogP contribution in [0.2, 0.25) is 19.6 Å². The maximum Gasteiger partial charge on any atom is 0.233 e. The van der Waals surface area contributed by atoms with Gasteiger partial charge in [-0.1, -0.05) is 62.0 Å². The second-order valence-corrected chi connectivity index (χ2v) is 14.9. The number of β-lactam (4-membered cyclic amide) rings is 1. The van der Waals surface area contributed by atoms with Crippen LogP contribution in [0.3, 0.4) is 0 Å². The lowest BCUT2D eigenvalue weighted by Crippen LogP contribution is -2.55. The molecule has 1 radical (unpaired) electrons. The Bertz CT molecular complexity index is 1240. The van der Waals surface area contributed by atoms with E-state index in [9.17, 15) is 14.3 Å². The number of nitrogens with zero attached hydrogens (tertiary/aromatic N) is 1. The summed E-state index contributed by atoms with van der Waals surface area (Å²) in [6, 6.07) is 21.5. The van der Waals surface area contributed by atoms with Gasteiger partial charge < -0.3 is 10.0 Å². The zero-order valence-electron chi connectivity index (χ0n) is 20.5. The molecular weight excluding hydrogens is 453 g/mol. The third kappa shape index (κ3) is 5.90. The quantitative estimate of drug-likeness (QED) is 0.248. The van der Waals surface area contributed by atoms with Crippen LogP contribution in [-0.2, 0) is 4.79 Å². The van der Waals surface area contributed by atoms with Gasteiger partial charge in [-0.05, 0) is 72.9 Å². The first-order valence-corrected chi connectivity index (χ1v) is 15.4. The van der Waals surface area contributed by atoms with Gasteiger partial charge in [0.1, 0.15) is 13.9 Å². The molecule has 1 amide bonds. The van der Waals surface area contributed by atoms with Crippen LogP contribution in [0.25, 0.3) is 0 Å². The molecule has 3 aromatic carbocycles. The minimum absolute atomic E-state index is 0.0425. The molecule has 1 saturated heterocycles. The van der Waals surface area contributed by atoms with Crippen LogP contribution >= 0.6 is 0 Å². The number of aliphatic hydroxyl groups is 1. The van der Waals surface area contributed by atoms with E-state index >= 15 is 0 Å². The Morgan fingerprint density at radius 2 is 1.63 bits per heavy atom. The number of carbonyl (C=O) groups excluding carboxylic acids is 1. The fourth-order valence-electron chi connectivity index (χ4n) is 4.37. The average molecular weight is 485 g/mol. The first-order valence-electron chi connectivity index (χ1n) is 11.9. The predicted molar refractivity (Wildman–Crippen MR) is 142 cm³/mol. The molecule has 1 N–H and O–H groups in total. The number of halogens is 1. The van der Waals surface area contributed by atoms with Crippen molar-refractivity contribution in [2.45, 2.75) is 44.6 Å². The van der Waals surface area contributed by atoms with Gasteiger partial charge in [-0.2, -0.15) is 0 Å². The van der Waals surface area contributed by atoms with E-state index in [4.69, 9.17) is 0 Å². The lowest BCUT2D eigenvalue weighted by Gasteiger charge is -2.48. The largest absolute Gasteiger partial charge is 0.388 e. The highest BCUT2D eigenvalue weighted by Crippen LogP contribution is 2.46. The molecule has 0 aliphatic carbocycles. The Kier molecular flexibility index (Phi) is 7.25. The standard InChI is InChI=1S/C30H31FNO2Si/c1-21-5-9-24(10-6-21)29-27(17-18-28(33)23-11-13-25(31)14-12-23)30(34)32(29)26-15-7-22(8-16-26)19-20-35(2,3)4/h5-16,27-29,33H,1,17-18H2,2-4H3/t27-,28+,29-/m1/s1. The van der Waals surface area contributed by atoms with E-state index in [0.717, 1.165) is 22.4 Å². The smallest absolute Gasteiger partial charge is 0.233 e. The maximum atomic E-state index is 13.3. The van der Waals surface area contributed by atoms with E-state index in [1.54, 1.807) is 12.1 Å². The lowest BCUT2D eigenvalue weighted by molar-refractivity contribution is -0.131. The predicted octanol–water partition coefficient (Wildman–Crippen LogP) is 6.45. The van der Waals surface area contributed by atoms with Crippen molar-refractivity contribution in [2.24, 2.45) is 5.92 Å². The summed E-state index contributed by atoms with van der Waals surface area (Å²) in [5.74, 6) is 2.72. The minimum Gasteiger partial charge on any atom is -0.388 e. The van der Waals surface area contributed by atoms with Gasteiger partial charge in [0, 0.05) is 11.3 Å². The summed E-state index contributed by atoms with van der Waals surface area (Å²) in [5.41, 5.74) is 7.77. The van der Waals surface area contributed by atoms with Gasteiger partial charge in [0.05, 0.1) is 18.1 Å². The maximum absolute atomic E-state index is 13.3. The van der Waals surface area contributed by atoms with Gasteiger partial charge in [-0.25, -0.2) is 4.39 Å². The molecule has 35 heavy (non-hydrogen) atoms. The lowest BCUT2D eigenvalue weighted by atomic mass is 9.78. The second kappa shape index (κ2) is 10.2. The zero-order chi connectivity index (χ0) is 25.2. The SMILES string of the molecule is [CH2]c1ccc([C@@H]2[C@@H](CC[C@H](O)c3ccc(F)cc3)C(=O)N2c2ccc(C#C[Si](C)(C)C)cc2)cc1. The second-order valence-electron chi connectivity index (χ2n) is 10.2. The van der Waals surface area contributed by atoms with E-state index in [1.807, 2.05) is 53.4 Å². The van der Waals surface area contributed by atoms with Crippen molar-refractivity contribution >= 4 is 19.7 Å². The average Bonchev–Trinajstić information content (AvgIpc) is 2.82. The number of carbonyl (C=O) groups is 1. The number of anilines is 1. The Morgan fingerprint density at radius 3 is 2.23 bits per heavy atom. The van der Waals surface area contributed by atoms with Crippen molar-refractivity contribution in [1.82, 2.24) is 0 Å². The van der Waals surface area contributed by atoms with E-state index in [2.05, 4.69) is 38.0 Å². The molecule has 3 aromatic rings. The van der Waals surface area contributed by atoms with Crippen LogP contribution in [0.5, 0.6) is 0 Å². The minimum atomic E-state index is -1.47. The number of amides is 1. The summed E-state index contributed by atoms with van der Waals surface area (Å²) in [5, 5.41) is 10.6. The van der Waals surface area contributed by atoms with E-state index in [1.165, 1.54) is 12.1 Å². The Hall–Kier alpha value is -3.20. The van der Waals surface area contributed by atoms with Gasteiger partial charge in [0.2, 0.25) is 5.91 Å². The van der Waals surface area contributed by atoms with Crippen LogP contribution in [0.15, 0.2) is 72.8 Å². The fraction of sp³-hybridized carbons (Fsp3) is 0.267. The molecular formula is C30H31FNO2Si. The van der Waals surface area contributed by atoms with Crippen molar-refractivity contribution in [3.8, 4) is 11.5 Å². The highest BCUT2D eigenvalue weighted by molar-refractivity contribution is 6.83. The summed E-state index contributed by atoms with van der Waals surface area (Å²) in [6.45, 7) is 10.6. The molecule has 3 atom stereocenters. The van der Waals surface area contributed by atoms with Crippen LogP contribution in [0, 0.1) is 30.1 Å². The summed E-state index contributed by atoms with van der Waals surface area (Å²) < 4.78 is 13.2. The van der Waals surface area contributed by atoms with Crippen molar-refractivity contribution in [1.29, 1.82) is 0 Å². The molecule has 3 nitrogen and oxygen atoms in total. The first kappa shape index (κ1) is 24.9. The van der Waals surface area contributed by atoms with Gasteiger partial charge in [0.25, 0.3) is 0 Å². The topological polar surface area (TPSA) is 40.5 Å². The molecule has 1 aliphatic rings. The molecule has 0 saturated carbocycles. The van der Waals surface area contributed by atoms with Crippen molar-refractivity contribution in [2.75, 3.05) is 4.90 Å². The number of aliphatic hydroxyl groups excluding tert-OH is 1. The summed E-state index contributed by atoms with van der Waals surface area (Å²) in [4.78, 5) is 15.1. The van der Waals surface area contributed by atoms with E-state index in [-0.39, 0.29) is 23.7 Å². The molecule has 179 valence electrons. The number of hydrogen-bond acceptors (Lipinski definition) is 2. The molecule has 1 heterocycles. The molecule has 0 aromatic heterocycles. The normalized spacial score (nSPS) is 18.5. The van der Waals surface area contributed by atoms with Gasteiger partial charge in [-0.15, -0.1) is 5.54 Å². The van der Waals surface area contributed by atoms with Crippen molar-refractivity contribution in [3.05, 3.63) is 108 Å². The molecule has 4 rings (SSSR count). The first-order chi connectivity index (χ1) is 16.6. The molecule has 1 fully saturated rings. The van der Waals surface area contributed by atoms with Crippen molar-refractivity contribution < 1.29 is 14.3 Å². The van der Waals surface area contributed by atoms with E-state index in [0.29, 0.717) is 18.4 Å². The van der Waals surface area contributed by atoms with E-state index < -0.39 is 14.2 Å². The number of benzene rings is 3. The Labute approximate surface area is 208 Å². The monoisotopic (exact) mass is 484 g/mol. The van der Waals surface area contributed by atoms with Gasteiger partial charge >= 0.3 is 0 Å². The fourth-order valence-corrected chi connectivity index (χ4v) is 4.89. The highest BCUT2D eigenvalue weighted by atomic mass is 28.3. The summed E-state index contributed by atoms with van der Waals surface area (Å²) >= 11 is 0. The summed E-state index contributed by atoms with van der Waals surface area (Å²) in [7, 11) is -1.47. The molecule has 0 unspecified atom stereocenters. The molecule has 1 aliphatic heterocycles. The number of rotatable bonds is 6. The Balaban J connectivity index is 1.54. The summed E-state index contributed by atoms with van der Waals surface area (Å²) in [6.07, 6.45) is 0.208. The highest BCUT2D eigenvalue weighted by Gasteiger charge is 2.48. The third-order valence-electron chi connectivity index (χ3n) is 6.27. The molecule has 5 heteroatoms. The van der Waals surface area contributed by atoms with Crippen LogP contribution in [0.4, 0.5) is 10.1 Å². The van der Waals surface area contributed by atoms with Crippen LogP contribution < -0.4 is 4.90 Å².